The second-order valence-electron chi connectivity index (χ2n) is 8.34. The first-order valence-corrected chi connectivity index (χ1v) is 12.2. The molecule has 3 N–H and O–H groups in total. The van der Waals surface area contributed by atoms with E-state index >= 15 is 0 Å². The third kappa shape index (κ3) is 3.97. The number of hydrogen-bond acceptors (Lipinski definition) is 5. The number of nitrogens with zero attached hydrogens (tertiary/aromatic N) is 1. The van der Waals surface area contributed by atoms with Gasteiger partial charge in [-0.15, -0.1) is 0 Å². The topological polar surface area (TPSA) is 118 Å². The molecule has 3 aromatic rings. The number of anilines is 1. The third-order valence-corrected chi connectivity index (χ3v) is 7.74. The molecule has 7 nitrogen and oxygen atoms in total. The summed E-state index contributed by atoms with van der Waals surface area (Å²) in [5.41, 5.74) is 7.45. The lowest BCUT2D eigenvalue weighted by Gasteiger charge is -2.27. The van der Waals surface area contributed by atoms with Gasteiger partial charge in [0.25, 0.3) is 5.91 Å². The number of hydrogen-bond donors (Lipinski definition) is 2. The fourth-order valence-electron chi connectivity index (χ4n) is 4.00. The number of sulfone groups is 1. The molecule has 0 fully saturated rings. The number of carbonyl (C=O) groups is 2. The van der Waals surface area contributed by atoms with Crippen LogP contribution in [0.1, 0.15) is 47.3 Å². The van der Waals surface area contributed by atoms with Gasteiger partial charge < -0.3 is 10.8 Å². The zero-order chi connectivity index (χ0) is 24.6. The van der Waals surface area contributed by atoms with E-state index in [9.17, 15) is 23.1 Å². The van der Waals surface area contributed by atoms with Crippen LogP contribution in [0.5, 0.6) is 0 Å². The Hall–Kier alpha value is -3.91. The molecule has 3 aromatic carbocycles. The van der Waals surface area contributed by atoms with E-state index in [0.29, 0.717) is 11.3 Å². The summed E-state index contributed by atoms with van der Waals surface area (Å²) < 4.78 is 27.2. The minimum atomic E-state index is -4.21. The van der Waals surface area contributed by atoms with Gasteiger partial charge >= 0.3 is 0 Å². The Kier molecular flexibility index (Phi) is 6.01. The predicted octanol–water partition coefficient (Wildman–Crippen LogP) is 4.24. The van der Waals surface area contributed by atoms with Gasteiger partial charge in [0.05, 0.1) is 4.90 Å². The maximum absolute atomic E-state index is 13.6. The second-order valence-corrected chi connectivity index (χ2v) is 10.3. The van der Waals surface area contributed by atoms with Gasteiger partial charge in [0.1, 0.15) is 10.9 Å². The minimum Gasteiger partial charge on any atom is -0.502 e. The first kappa shape index (κ1) is 23.3. The highest BCUT2D eigenvalue weighted by Gasteiger charge is 2.47. The summed E-state index contributed by atoms with van der Waals surface area (Å²) >= 11 is 0. The van der Waals surface area contributed by atoms with Crippen molar-refractivity contribution in [1.29, 1.82) is 0 Å². The molecule has 1 atom stereocenters. The highest BCUT2D eigenvalue weighted by Crippen LogP contribution is 2.45. The highest BCUT2D eigenvalue weighted by molar-refractivity contribution is 7.95. The summed E-state index contributed by atoms with van der Waals surface area (Å²) in [5, 5.41) is 10.8. The normalized spacial score (nSPS) is 16.4. The van der Waals surface area contributed by atoms with Crippen LogP contribution in [-0.4, -0.2) is 25.3 Å². The molecule has 0 spiro atoms. The Balaban J connectivity index is 1.90. The first-order chi connectivity index (χ1) is 16.1. The number of aliphatic hydroxyl groups is 1. The number of nitrogens with two attached hydrogens (primary N) is 1. The molecule has 0 saturated carbocycles. The van der Waals surface area contributed by atoms with E-state index in [2.05, 4.69) is 0 Å². The van der Waals surface area contributed by atoms with Crippen molar-refractivity contribution in [2.75, 3.05) is 4.90 Å². The van der Waals surface area contributed by atoms with Crippen LogP contribution in [0.2, 0.25) is 0 Å². The van der Waals surface area contributed by atoms with Gasteiger partial charge in [-0.1, -0.05) is 56.3 Å². The van der Waals surface area contributed by atoms with E-state index < -0.39 is 33.5 Å². The van der Waals surface area contributed by atoms with Crippen molar-refractivity contribution < 1.29 is 23.1 Å². The number of rotatable bonds is 6. The maximum Gasteiger partial charge on any atom is 0.295 e. The molecule has 0 radical (unpaired) electrons. The van der Waals surface area contributed by atoms with E-state index in [4.69, 9.17) is 5.73 Å². The fourth-order valence-corrected chi connectivity index (χ4v) is 5.65. The lowest BCUT2D eigenvalue weighted by Crippen LogP contribution is -2.31. The van der Waals surface area contributed by atoms with E-state index in [1.165, 1.54) is 41.3 Å². The van der Waals surface area contributed by atoms with Crippen LogP contribution in [0.3, 0.4) is 0 Å². The summed E-state index contributed by atoms with van der Waals surface area (Å²) in [7, 11) is -4.21. The molecule has 8 heteroatoms. The summed E-state index contributed by atoms with van der Waals surface area (Å²) in [4.78, 5) is 25.5. The fraction of sp³-hybridized carbons (Fsp3) is 0.154. The van der Waals surface area contributed by atoms with Crippen molar-refractivity contribution in [3.63, 3.8) is 0 Å². The lowest BCUT2D eigenvalue weighted by molar-refractivity contribution is -0.117. The predicted molar refractivity (Wildman–Crippen MR) is 129 cm³/mol. The molecule has 0 saturated heterocycles. The van der Waals surface area contributed by atoms with Crippen molar-refractivity contribution in [3.8, 4) is 0 Å². The summed E-state index contributed by atoms with van der Waals surface area (Å²) in [6.07, 6.45) is 0. The lowest BCUT2D eigenvalue weighted by atomic mass is 9.98. The zero-order valence-electron chi connectivity index (χ0n) is 18.7. The Bertz CT molecular complexity index is 1380. The third-order valence-electron chi connectivity index (χ3n) is 5.85. The average molecular weight is 477 g/mol. The average Bonchev–Trinajstić information content (AvgIpc) is 3.10. The Morgan fingerprint density at radius 2 is 1.53 bits per heavy atom. The van der Waals surface area contributed by atoms with Crippen molar-refractivity contribution in [2.45, 2.75) is 30.7 Å². The molecule has 0 aromatic heterocycles. The van der Waals surface area contributed by atoms with Gasteiger partial charge in [0, 0.05) is 11.3 Å². The molecule has 2 amide bonds. The number of primary amides is 1. The Morgan fingerprint density at radius 3 is 2.06 bits per heavy atom. The van der Waals surface area contributed by atoms with E-state index in [1.54, 1.807) is 30.3 Å². The molecule has 1 aliphatic heterocycles. The van der Waals surface area contributed by atoms with Gasteiger partial charge in [-0.25, -0.2) is 8.42 Å². The molecular formula is C26H24N2O5S. The number of carbonyl (C=O) groups excluding carboxylic acids is 2. The van der Waals surface area contributed by atoms with Gasteiger partial charge in [-0.3, -0.25) is 14.5 Å². The smallest absolute Gasteiger partial charge is 0.295 e. The number of amides is 2. The van der Waals surface area contributed by atoms with Gasteiger partial charge in [0.15, 0.2) is 5.76 Å². The van der Waals surface area contributed by atoms with Crippen LogP contribution in [0.25, 0.3) is 0 Å². The maximum atomic E-state index is 13.6. The first-order valence-electron chi connectivity index (χ1n) is 10.7. The minimum absolute atomic E-state index is 0.0286. The molecule has 4 rings (SSSR count). The summed E-state index contributed by atoms with van der Waals surface area (Å²) in [6, 6.07) is 19.7. The molecule has 0 unspecified atom stereocenters. The standard InChI is InChI=1S/C26H24N2O5S/c1-16(2)17-8-10-18(11-9-17)22-24(34(32,33)21-6-4-3-5-7-21)23(29)26(31)28(22)20-14-12-19(13-15-20)25(27)30/h3-16,22,29H,1-2H3,(H2,27,30)/t22-/m1/s1. The highest BCUT2D eigenvalue weighted by atomic mass is 32.2. The van der Waals surface area contributed by atoms with Crippen LogP contribution < -0.4 is 10.6 Å². The van der Waals surface area contributed by atoms with Crippen molar-refractivity contribution in [3.05, 3.63) is 106 Å². The van der Waals surface area contributed by atoms with Crippen molar-refractivity contribution in [1.82, 2.24) is 0 Å². The monoisotopic (exact) mass is 476 g/mol. The van der Waals surface area contributed by atoms with Crippen LogP contribution in [-0.2, 0) is 14.6 Å². The molecular weight excluding hydrogens is 452 g/mol. The summed E-state index contributed by atoms with van der Waals surface area (Å²) in [5.74, 6) is -2.05. The largest absolute Gasteiger partial charge is 0.502 e. The molecule has 1 aliphatic rings. The molecule has 0 aliphatic carbocycles. The Morgan fingerprint density at radius 1 is 0.941 bits per heavy atom. The molecule has 0 bridgehead atoms. The number of benzene rings is 3. The second kappa shape index (κ2) is 8.79. The van der Waals surface area contributed by atoms with Gasteiger partial charge in [-0.05, 0) is 53.4 Å². The zero-order valence-corrected chi connectivity index (χ0v) is 19.5. The molecule has 174 valence electrons. The van der Waals surface area contributed by atoms with E-state index in [0.717, 1.165) is 5.56 Å². The quantitative estimate of drug-likeness (QED) is 0.552. The van der Waals surface area contributed by atoms with Gasteiger partial charge in [0.2, 0.25) is 15.7 Å². The SMILES string of the molecule is CC(C)c1ccc([C@@H]2C(S(=O)(=O)c3ccccc3)=C(O)C(=O)N2c2ccc(C(N)=O)cc2)cc1. The molecule has 34 heavy (non-hydrogen) atoms. The van der Waals surface area contributed by atoms with E-state index in [-0.39, 0.29) is 21.3 Å². The van der Waals surface area contributed by atoms with Crippen LogP contribution in [0.15, 0.2) is 94.4 Å². The van der Waals surface area contributed by atoms with Crippen molar-refractivity contribution in [2.24, 2.45) is 5.73 Å². The Labute approximate surface area is 198 Å². The number of aliphatic hydroxyl groups excluding tert-OH is 1. The summed E-state index contributed by atoms with van der Waals surface area (Å²) in [6.45, 7) is 4.08. The van der Waals surface area contributed by atoms with Crippen LogP contribution in [0, 0.1) is 0 Å². The van der Waals surface area contributed by atoms with Gasteiger partial charge in [-0.2, -0.15) is 0 Å². The van der Waals surface area contributed by atoms with Crippen LogP contribution >= 0.6 is 0 Å². The van der Waals surface area contributed by atoms with Crippen LogP contribution in [0.4, 0.5) is 5.69 Å². The molecule has 1 heterocycles. The van der Waals surface area contributed by atoms with Crippen molar-refractivity contribution >= 4 is 27.3 Å². The van der Waals surface area contributed by atoms with E-state index in [1.807, 2.05) is 26.0 Å².